The van der Waals surface area contributed by atoms with E-state index in [1.54, 1.807) is 11.9 Å². The number of amides is 3. The summed E-state index contributed by atoms with van der Waals surface area (Å²) in [5.74, 6) is -0.0387. The van der Waals surface area contributed by atoms with E-state index in [1.165, 1.54) is 4.90 Å². The van der Waals surface area contributed by atoms with E-state index in [2.05, 4.69) is 0 Å². The molecule has 2 saturated heterocycles. The normalized spacial score (nSPS) is 29.6. The lowest BCUT2D eigenvalue weighted by molar-refractivity contribution is -0.130. The van der Waals surface area contributed by atoms with Crippen molar-refractivity contribution in [1.29, 1.82) is 0 Å². The summed E-state index contributed by atoms with van der Waals surface area (Å²) in [6.07, 6.45) is 2.55. The first-order valence-corrected chi connectivity index (χ1v) is 4.27. The minimum atomic E-state index is -0.117. The van der Waals surface area contributed by atoms with Crippen LogP contribution in [-0.2, 0) is 4.79 Å². The fraction of sp³-hybridized carbons (Fsp3) is 0.750. The fourth-order valence-corrected chi connectivity index (χ4v) is 1.94. The first-order valence-electron chi connectivity index (χ1n) is 4.27. The van der Waals surface area contributed by atoms with Gasteiger partial charge < -0.3 is 4.90 Å². The molecule has 12 heavy (non-hydrogen) atoms. The Hall–Kier alpha value is -1.06. The minimum absolute atomic E-state index is 0.0387. The van der Waals surface area contributed by atoms with E-state index in [0.717, 1.165) is 19.4 Å². The molecule has 0 saturated carbocycles. The van der Waals surface area contributed by atoms with Gasteiger partial charge in [-0.15, -0.1) is 0 Å². The fourth-order valence-electron chi connectivity index (χ4n) is 1.94. The molecule has 0 bridgehead atoms. The Kier molecular flexibility index (Phi) is 1.56. The number of nitrogens with zero attached hydrogens (tertiary/aromatic N) is 2. The third kappa shape index (κ3) is 0.906. The highest BCUT2D eigenvalue weighted by Crippen LogP contribution is 2.25. The summed E-state index contributed by atoms with van der Waals surface area (Å²) in [4.78, 5) is 25.7. The van der Waals surface area contributed by atoms with E-state index in [4.69, 9.17) is 0 Å². The molecule has 2 aliphatic heterocycles. The molecule has 66 valence electrons. The van der Waals surface area contributed by atoms with Gasteiger partial charge in [-0.25, -0.2) is 4.79 Å². The molecule has 4 nitrogen and oxygen atoms in total. The summed E-state index contributed by atoms with van der Waals surface area (Å²) in [6.45, 7) is 0.821. The first-order chi connectivity index (χ1) is 5.70. The Balaban J connectivity index is 2.21. The Bertz CT molecular complexity index is 239. The first kappa shape index (κ1) is 7.58. The van der Waals surface area contributed by atoms with E-state index in [0.29, 0.717) is 6.42 Å². The average molecular weight is 168 g/mol. The lowest BCUT2D eigenvalue weighted by Gasteiger charge is -2.33. The van der Waals surface area contributed by atoms with Crippen LogP contribution in [0.5, 0.6) is 0 Å². The van der Waals surface area contributed by atoms with Gasteiger partial charge in [0.15, 0.2) is 0 Å². The van der Waals surface area contributed by atoms with Crippen LogP contribution in [0.4, 0.5) is 4.79 Å². The summed E-state index contributed by atoms with van der Waals surface area (Å²) >= 11 is 0. The highest BCUT2D eigenvalue weighted by Gasteiger charge is 2.38. The van der Waals surface area contributed by atoms with Crippen LogP contribution in [0.15, 0.2) is 0 Å². The molecule has 0 aromatic rings. The maximum atomic E-state index is 11.4. The molecule has 0 radical (unpaired) electrons. The van der Waals surface area contributed by atoms with Gasteiger partial charge in [0.05, 0.1) is 0 Å². The van der Waals surface area contributed by atoms with Crippen LogP contribution < -0.4 is 0 Å². The van der Waals surface area contributed by atoms with Crippen molar-refractivity contribution in [2.75, 3.05) is 13.6 Å². The van der Waals surface area contributed by atoms with E-state index < -0.39 is 0 Å². The highest BCUT2D eigenvalue weighted by molar-refractivity contribution is 5.97. The number of imide groups is 1. The maximum Gasteiger partial charge on any atom is 0.326 e. The second-order valence-corrected chi connectivity index (χ2v) is 3.43. The van der Waals surface area contributed by atoms with Crippen molar-refractivity contribution < 1.29 is 9.59 Å². The number of carbonyl (C=O) groups excluding carboxylic acids is 2. The molecule has 3 amide bonds. The van der Waals surface area contributed by atoms with Crippen molar-refractivity contribution in [2.24, 2.45) is 0 Å². The summed E-state index contributed by atoms with van der Waals surface area (Å²) < 4.78 is 0. The summed E-state index contributed by atoms with van der Waals surface area (Å²) in [5.41, 5.74) is 0. The molecule has 0 aliphatic carbocycles. The lowest BCUT2D eigenvalue weighted by Crippen LogP contribution is -2.52. The summed E-state index contributed by atoms with van der Waals surface area (Å²) in [7, 11) is 1.55. The number of carbonyl (C=O) groups is 2. The molecule has 1 atom stereocenters. The number of hydrogen-bond acceptors (Lipinski definition) is 2. The Morgan fingerprint density at radius 2 is 2.17 bits per heavy atom. The average Bonchev–Trinajstić information content (AvgIpc) is 2.48. The summed E-state index contributed by atoms with van der Waals surface area (Å²) in [6, 6.07) is 0.0787. The van der Waals surface area contributed by atoms with Crippen LogP contribution in [0.25, 0.3) is 0 Å². The van der Waals surface area contributed by atoms with Crippen LogP contribution in [0.1, 0.15) is 19.3 Å². The van der Waals surface area contributed by atoms with Gasteiger partial charge in [0.2, 0.25) is 5.91 Å². The number of fused-ring (bicyclic) bond motifs is 1. The number of rotatable bonds is 0. The van der Waals surface area contributed by atoms with Crippen molar-refractivity contribution >= 4 is 11.9 Å². The van der Waals surface area contributed by atoms with Crippen molar-refractivity contribution in [3.63, 3.8) is 0 Å². The predicted molar refractivity (Wildman–Crippen MR) is 42.5 cm³/mol. The lowest BCUT2D eigenvalue weighted by atomic mass is 10.1. The van der Waals surface area contributed by atoms with Gasteiger partial charge in [-0.2, -0.15) is 0 Å². The van der Waals surface area contributed by atoms with Crippen LogP contribution in [0.3, 0.4) is 0 Å². The quantitative estimate of drug-likeness (QED) is 0.526. The third-order valence-electron chi connectivity index (χ3n) is 2.69. The largest absolute Gasteiger partial charge is 0.326 e. The molecule has 2 rings (SSSR count). The van der Waals surface area contributed by atoms with Gasteiger partial charge in [0.1, 0.15) is 0 Å². The van der Waals surface area contributed by atoms with Crippen LogP contribution in [0.2, 0.25) is 0 Å². The topological polar surface area (TPSA) is 40.6 Å². The van der Waals surface area contributed by atoms with Gasteiger partial charge >= 0.3 is 6.03 Å². The van der Waals surface area contributed by atoms with E-state index in [1.807, 2.05) is 0 Å². The van der Waals surface area contributed by atoms with Gasteiger partial charge in [0.25, 0.3) is 0 Å². The van der Waals surface area contributed by atoms with Gasteiger partial charge in [-0.1, -0.05) is 0 Å². The summed E-state index contributed by atoms with van der Waals surface area (Å²) in [5, 5.41) is 0. The Morgan fingerprint density at radius 1 is 1.42 bits per heavy atom. The zero-order valence-electron chi connectivity index (χ0n) is 7.12. The Morgan fingerprint density at radius 3 is 2.92 bits per heavy atom. The third-order valence-corrected chi connectivity index (χ3v) is 2.69. The van der Waals surface area contributed by atoms with Gasteiger partial charge in [-0.3, -0.25) is 9.69 Å². The maximum absolute atomic E-state index is 11.4. The molecule has 0 aromatic heterocycles. The molecule has 0 aromatic carbocycles. The van der Waals surface area contributed by atoms with Crippen molar-refractivity contribution in [1.82, 2.24) is 9.80 Å². The molecule has 0 spiro atoms. The standard InChI is InChI=1S/C8H12N2O2/c1-9-7(11)5-6-3-2-4-10(6)8(9)12/h6H,2-5H2,1H3/t6-/m0/s1. The monoisotopic (exact) mass is 168 g/mol. The predicted octanol–water partition coefficient (Wildman–Crippen LogP) is 0.433. The number of hydrogen-bond donors (Lipinski definition) is 0. The minimum Gasteiger partial charge on any atom is -0.321 e. The molecule has 0 N–H and O–H groups in total. The zero-order valence-corrected chi connectivity index (χ0v) is 7.12. The van der Waals surface area contributed by atoms with E-state index in [9.17, 15) is 9.59 Å². The van der Waals surface area contributed by atoms with E-state index in [-0.39, 0.29) is 18.0 Å². The highest BCUT2D eigenvalue weighted by atomic mass is 16.2. The van der Waals surface area contributed by atoms with Gasteiger partial charge in [0, 0.05) is 26.1 Å². The number of urea groups is 1. The molecule has 0 unspecified atom stereocenters. The molecule has 2 heterocycles. The Labute approximate surface area is 71.1 Å². The van der Waals surface area contributed by atoms with Gasteiger partial charge in [-0.05, 0) is 12.8 Å². The molecular weight excluding hydrogens is 156 g/mol. The molecule has 2 fully saturated rings. The smallest absolute Gasteiger partial charge is 0.321 e. The van der Waals surface area contributed by atoms with Crippen LogP contribution >= 0.6 is 0 Å². The second-order valence-electron chi connectivity index (χ2n) is 3.43. The van der Waals surface area contributed by atoms with Crippen molar-refractivity contribution in [3.05, 3.63) is 0 Å². The van der Waals surface area contributed by atoms with E-state index >= 15 is 0 Å². The molecule has 2 aliphatic rings. The second kappa shape index (κ2) is 2.47. The SMILES string of the molecule is CN1C(=O)C[C@@H]2CCCN2C1=O. The van der Waals surface area contributed by atoms with Crippen molar-refractivity contribution in [3.8, 4) is 0 Å². The van der Waals surface area contributed by atoms with Crippen LogP contribution in [0, 0.1) is 0 Å². The molecule has 4 heteroatoms. The van der Waals surface area contributed by atoms with Crippen LogP contribution in [-0.4, -0.2) is 41.4 Å². The molecular formula is C8H12N2O2. The van der Waals surface area contributed by atoms with Crippen molar-refractivity contribution in [2.45, 2.75) is 25.3 Å². The zero-order chi connectivity index (χ0) is 8.72.